The number of benzene rings is 2. The van der Waals surface area contributed by atoms with Crippen LogP contribution in [0.15, 0.2) is 61.0 Å². The van der Waals surface area contributed by atoms with Gasteiger partial charge in [-0.1, -0.05) is 31.4 Å². The molecule has 0 bridgehead atoms. The standard InChI is InChI=1S/C24H21N3O6/c1-13(24(31)32-4)25-22(29)14(2)27-11-18-16(6-5-7-17(18)23(27)30)15-8-9-19-20(10-15)33-12-21(28)26(19)3/h5-10H,1-2,11-12H2,3-4H3,(H,25,29). The van der Waals surface area contributed by atoms with E-state index in [0.29, 0.717) is 17.0 Å². The fourth-order valence-electron chi connectivity index (χ4n) is 3.77. The SMILES string of the molecule is C=C(NC(=O)C(=C)N1Cc2c(cccc2-c2ccc3c(c2)OCC(=O)N3C)C1=O)C(=O)OC. The molecule has 0 aromatic heterocycles. The molecule has 9 heteroatoms. The topological polar surface area (TPSA) is 105 Å². The zero-order chi connectivity index (χ0) is 23.9. The van der Waals surface area contributed by atoms with Crippen molar-refractivity contribution in [3.8, 4) is 16.9 Å². The summed E-state index contributed by atoms with van der Waals surface area (Å²) in [7, 11) is 2.85. The quantitative estimate of drug-likeness (QED) is 0.555. The highest BCUT2D eigenvalue weighted by atomic mass is 16.5. The van der Waals surface area contributed by atoms with E-state index in [0.717, 1.165) is 23.8 Å². The summed E-state index contributed by atoms with van der Waals surface area (Å²) in [5.41, 5.74) is 3.05. The largest absolute Gasteiger partial charge is 0.482 e. The highest BCUT2D eigenvalue weighted by Crippen LogP contribution is 2.39. The van der Waals surface area contributed by atoms with Crippen LogP contribution >= 0.6 is 0 Å². The van der Waals surface area contributed by atoms with E-state index in [9.17, 15) is 19.2 Å². The first-order chi connectivity index (χ1) is 15.7. The van der Waals surface area contributed by atoms with Crippen molar-refractivity contribution in [3.63, 3.8) is 0 Å². The lowest BCUT2D eigenvalue weighted by Gasteiger charge is -2.26. The number of esters is 1. The van der Waals surface area contributed by atoms with Crippen molar-refractivity contribution < 1.29 is 28.7 Å². The number of hydrogen-bond acceptors (Lipinski definition) is 6. The minimum absolute atomic E-state index is 0.0437. The van der Waals surface area contributed by atoms with Crippen LogP contribution in [0.1, 0.15) is 15.9 Å². The Hall–Kier alpha value is -4.40. The number of nitrogens with one attached hydrogen (secondary N) is 1. The number of anilines is 1. The van der Waals surface area contributed by atoms with Crippen LogP contribution in [0.25, 0.3) is 11.1 Å². The van der Waals surface area contributed by atoms with Gasteiger partial charge in [-0.25, -0.2) is 4.79 Å². The lowest BCUT2D eigenvalue weighted by molar-refractivity contribution is -0.137. The molecule has 33 heavy (non-hydrogen) atoms. The van der Waals surface area contributed by atoms with Gasteiger partial charge in [0.05, 0.1) is 19.3 Å². The predicted octanol–water partition coefficient (Wildman–Crippen LogP) is 1.98. The lowest BCUT2D eigenvalue weighted by atomic mass is 9.96. The summed E-state index contributed by atoms with van der Waals surface area (Å²) in [4.78, 5) is 51.7. The number of carbonyl (C=O) groups is 4. The average Bonchev–Trinajstić information content (AvgIpc) is 3.16. The summed E-state index contributed by atoms with van der Waals surface area (Å²) in [6.45, 7) is 7.25. The van der Waals surface area contributed by atoms with Gasteiger partial charge in [-0.2, -0.15) is 0 Å². The fourth-order valence-corrected chi connectivity index (χ4v) is 3.77. The number of methoxy groups -OCH3 is 1. The molecule has 0 aliphatic carbocycles. The number of ether oxygens (including phenoxy) is 2. The van der Waals surface area contributed by atoms with Gasteiger partial charge in [0.2, 0.25) is 0 Å². The normalized spacial score (nSPS) is 14.2. The van der Waals surface area contributed by atoms with Gasteiger partial charge >= 0.3 is 5.97 Å². The number of carbonyl (C=O) groups excluding carboxylic acids is 4. The second-order valence-corrected chi connectivity index (χ2v) is 7.52. The van der Waals surface area contributed by atoms with Crippen LogP contribution in [-0.4, -0.2) is 49.4 Å². The number of fused-ring (bicyclic) bond motifs is 2. The molecule has 9 nitrogen and oxygen atoms in total. The van der Waals surface area contributed by atoms with E-state index in [1.807, 2.05) is 18.2 Å². The second kappa shape index (κ2) is 8.27. The van der Waals surface area contributed by atoms with Crippen molar-refractivity contribution >= 4 is 29.4 Å². The molecular formula is C24H21N3O6. The zero-order valence-electron chi connectivity index (χ0n) is 18.1. The van der Waals surface area contributed by atoms with E-state index in [1.54, 1.807) is 25.2 Å². The van der Waals surface area contributed by atoms with Crippen LogP contribution in [0, 0.1) is 0 Å². The minimum atomic E-state index is -0.795. The van der Waals surface area contributed by atoms with E-state index in [4.69, 9.17) is 4.74 Å². The fraction of sp³-hybridized carbons (Fsp3) is 0.167. The summed E-state index contributed by atoms with van der Waals surface area (Å²) in [6.07, 6.45) is 0. The van der Waals surface area contributed by atoms with Crippen LogP contribution in [-0.2, 0) is 25.7 Å². The molecule has 0 atom stereocenters. The summed E-state index contributed by atoms with van der Waals surface area (Å²) < 4.78 is 10.1. The molecule has 0 saturated carbocycles. The number of rotatable bonds is 5. The van der Waals surface area contributed by atoms with Crippen molar-refractivity contribution in [2.24, 2.45) is 0 Å². The van der Waals surface area contributed by atoms with E-state index >= 15 is 0 Å². The molecule has 2 aromatic rings. The zero-order valence-corrected chi connectivity index (χ0v) is 18.1. The maximum atomic E-state index is 13.0. The van der Waals surface area contributed by atoms with Crippen molar-refractivity contribution in [2.75, 3.05) is 25.7 Å². The number of hydrogen-bond donors (Lipinski definition) is 1. The molecule has 168 valence electrons. The third kappa shape index (κ3) is 3.73. The van der Waals surface area contributed by atoms with Gasteiger partial charge in [0.1, 0.15) is 17.1 Å². The van der Waals surface area contributed by atoms with Gasteiger partial charge < -0.3 is 19.7 Å². The molecule has 2 heterocycles. The van der Waals surface area contributed by atoms with Crippen molar-refractivity contribution in [2.45, 2.75) is 6.54 Å². The van der Waals surface area contributed by atoms with Crippen molar-refractivity contribution in [3.05, 3.63) is 72.1 Å². The van der Waals surface area contributed by atoms with E-state index < -0.39 is 11.9 Å². The Morgan fingerprint density at radius 3 is 2.58 bits per heavy atom. The Balaban J connectivity index is 1.61. The lowest BCUT2D eigenvalue weighted by Crippen LogP contribution is -2.36. The molecule has 2 aliphatic heterocycles. The van der Waals surface area contributed by atoms with Gasteiger partial charge in [-0.15, -0.1) is 0 Å². The van der Waals surface area contributed by atoms with Crippen LogP contribution in [0.2, 0.25) is 0 Å². The highest BCUT2D eigenvalue weighted by Gasteiger charge is 2.34. The molecule has 0 unspecified atom stereocenters. The van der Waals surface area contributed by atoms with Crippen molar-refractivity contribution in [1.29, 1.82) is 0 Å². The maximum Gasteiger partial charge on any atom is 0.353 e. The van der Waals surface area contributed by atoms with E-state index in [1.165, 1.54) is 9.80 Å². The third-order valence-electron chi connectivity index (χ3n) is 5.61. The molecule has 3 amide bonds. The molecule has 0 radical (unpaired) electrons. The second-order valence-electron chi connectivity index (χ2n) is 7.52. The third-order valence-corrected chi connectivity index (χ3v) is 5.61. The molecule has 2 aliphatic rings. The molecular weight excluding hydrogens is 426 g/mol. The van der Waals surface area contributed by atoms with Crippen LogP contribution in [0.4, 0.5) is 5.69 Å². The first-order valence-corrected chi connectivity index (χ1v) is 9.98. The predicted molar refractivity (Wildman–Crippen MR) is 119 cm³/mol. The molecule has 0 spiro atoms. The molecule has 0 fully saturated rings. The molecule has 0 saturated heterocycles. The van der Waals surface area contributed by atoms with Gasteiger partial charge in [-0.05, 0) is 34.9 Å². The van der Waals surface area contributed by atoms with Gasteiger partial charge in [0, 0.05) is 12.6 Å². The minimum Gasteiger partial charge on any atom is -0.482 e. The summed E-state index contributed by atoms with van der Waals surface area (Å²) in [5, 5.41) is 2.29. The van der Waals surface area contributed by atoms with E-state index in [-0.39, 0.29) is 36.4 Å². The van der Waals surface area contributed by atoms with E-state index in [2.05, 4.69) is 23.2 Å². The Kier molecular flexibility index (Phi) is 5.47. The Morgan fingerprint density at radius 2 is 1.85 bits per heavy atom. The van der Waals surface area contributed by atoms with Gasteiger partial charge in [0.25, 0.3) is 17.7 Å². The Labute approximate surface area is 189 Å². The summed E-state index contributed by atoms with van der Waals surface area (Å²) in [6, 6.07) is 10.8. The average molecular weight is 447 g/mol. The number of nitrogens with zero attached hydrogens (tertiary/aromatic N) is 2. The Morgan fingerprint density at radius 1 is 1.12 bits per heavy atom. The number of amides is 3. The van der Waals surface area contributed by atoms with Gasteiger partial charge in [-0.3, -0.25) is 19.3 Å². The molecule has 4 rings (SSSR count). The Bertz CT molecular complexity index is 1250. The molecule has 2 aromatic carbocycles. The van der Waals surface area contributed by atoms with Gasteiger partial charge in [0.15, 0.2) is 6.61 Å². The van der Waals surface area contributed by atoms with Crippen molar-refractivity contribution in [1.82, 2.24) is 10.2 Å². The maximum absolute atomic E-state index is 13.0. The monoisotopic (exact) mass is 447 g/mol. The molecule has 1 N–H and O–H groups in total. The number of likely N-dealkylation sites (N-methyl/N-ethyl adjacent to an activating group) is 1. The first kappa shape index (κ1) is 21.8. The highest BCUT2D eigenvalue weighted by molar-refractivity contribution is 6.08. The van der Waals surface area contributed by atoms with Crippen LogP contribution in [0.5, 0.6) is 5.75 Å². The van der Waals surface area contributed by atoms with Crippen LogP contribution < -0.4 is 15.0 Å². The summed E-state index contributed by atoms with van der Waals surface area (Å²) >= 11 is 0. The first-order valence-electron chi connectivity index (χ1n) is 9.98. The smallest absolute Gasteiger partial charge is 0.353 e. The summed E-state index contributed by atoms with van der Waals surface area (Å²) in [5.74, 6) is -1.48. The van der Waals surface area contributed by atoms with Crippen LogP contribution in [0.3, 0.4) is 0 Å².